The molecule has 0 fully saturated rings. The standard InChI is InChI=1S/C16H18N2O3/c1-2-13(17)14-5-4-12(8-18-14)19-9-11-3-6-15-16(7-11)21-10-20-15/h3-8,13H,2,9-10,17H2,1H3/t13-/m1/s1. The molecule has 1 aromatic carbocycles. The first-order valence-corrected chi connectivity index (χ1v) is 6.99. The molecule has 1 aliphatic heterocycles. The molecule has 1 aliphatic rings. The van der Waals surface area contributed by atoms with Crippen LogP contribution in [0.3, 0.4) is 0 Å². The Morgan fingerprint density at radius 2 is 2.10 bits per heavy atom. The molecule has 0 radical (unpaired) electrons. The van der Waals surface area contributed by atoms with Crippen molar-refractivity contribution in [2.45, 2.75) is 26.0 Å². The molecule has 5 nitrogen and oxygen atoms in total. The van der Waals surface area contributed by atoms with E-state index in [1.54, 1.807) is 6.20 Å². The van der Waals surface area contributed by atoms with Gasteiger partial charge in [0.1, 0.15) is 12.4 Å². The molecule has 2 aromatic rings. The summed E-state index contributed by atoms with van der Waals surface area (Å²) >= 11 is 0. The van der Waals surface area contributed by atoms with Crippen molar-refractivity contribution in [3.05, 3.63) is 47.8 Å². The number of rotatable bonds is 5. The topological polar surface area (TPSA) is 66.6 Å². The lowest BCUT2D eigenvalue weighted by atomic mass is 10.1. The summed E-state index contributed by atoms with van der Waals surface area (Å²) < 4.78 is 16.3. The largest absolute Gasteiger partial charge is 0.487 e. The van der Waals surface area contributed by atoms with Crippen LogP contribution >= 0.6 is 0 Å². The van der Waals surface area contributed by atoms with Gasteiger partial charge in [-0.15, -0.1) is 0 Å². The molecule has 1 atom stereocenters. The van der Waals surface area contributed by atoms with E-state index in [1.165, 1.54) is 0 Å². The Morgan fingerprint density at radius 1 is 1.24 bits per heavy atom. The number of hydrogen-bond acceptors (Lipinski definition) is 5. The summed E-state index contributed by atoms with van der Waals surface area (Å²) in [4.78, 5) is 4.32. The molecule has 1 aromatic heterocycles. The second kappa shape index (κ2) is 6.01. The van der Waals surface area contributed by atoms with E-state index in [2.05, 4.69) is 4.98 Å². The maximum Gasteiger partial charge on any atom is 0.231 e. The van der Waals surface area contributed by atoms with E-state index < -0.39 is 0 Å². The highest BCUT2D eigenvalue weighted by Gasteiger charge is 2.13. The maximum atomic E-state index is 5.93. The second-order valence-electron chi connectivity index (χ2n) is 4.91. The summed E-state index contributed by atoms with van der Waals surface area (Å²) in [7, 11) is 0. The Balaban J connectivity index is 1.62. The number of pyridine rings is 1. The van der Waals surface area contributed by atoms with E-state index in [0.29, 0.717) is 6.61 Å². The van der Waals surface area contributed by atoms with E-state index >= 15 is 0 Å². The summed E-state index contributed by atoms with van der Waals surface area (Å²) in [5.74, 6) is 2.26. The van der Waals surface area contributed by atoms with Gasteiger partial charge in [-0.1, -0.05) is 13.0 Å². The lowest BCUT2D eigenvalue weighted by Crippen LogP contribution is -2.10. The SMILES string of the molecule is CC[C@@H](N)c1ccc(OCc2ccc3c(c2)OCO3)cn1. The third-order valence-electron chi connectivity index (χ3n) is 3.42. The zero-order chi connectivity index (χ0) is 14.7. The van der Waals surface area contributed by atoms with E-state index in [4.69, 9.17) is 19.9 Å². The predicted molar refractivity (Wildman–Crippen MR) is 78.4 cm³/mol. The molecule has 2 N–H and O–H groups in total. The number of fused-ring (bicyclic) bond motifs is 1. The molecule has 2 heterocycles. The van der Waals surface area contributed by atoms with Crippen LogP contribution in [-0.4, -0.2) is 11.8 Å². The van der Waals surface area contributed by atoms with Gasteiger partial charge in [-0.05, 0) is 36.2 Å². The highest BCUT2D eigenvalue weighted by atomic mass is 16.7. The van der Waals surface area contributed by atoms with Crippen LogP contribution in [0.2, 0.25) is 0 Å². The number of ether oxygens (including phenoxy) is 3. The molecule has 0 bridgehead atoms. The minimum absolute atomic E-state index is 0.0205. The van der Waals surface area contributed by atoms with Crippen LogP contribution in [-0.2, 0) is 6.61 Å². The lowest BCUT2D eigenvalue weighted by Gasteiger charge is -2.10. The van der Waals surface area contributed by atoms with Crippen LogP contribution in [0.25, 0.3) is 0 Å². The van der Waals surface area contributed by atoms with Crippen molar-refractivity contribution in [2.24, 2.45) is 5.73 Å². The first-order chi connectivity index (χ1) is 10.3. The van der Waals surface area contributed by atoms with Gasteiger partial charge in [0, 0.05) is 6.04 Å². The zero-order valence-corrected chi connectivity index (χ0v) is 11.9. The Morgan fingerprint density at radius 3 is 2.86 bits per heavy atom. The number of hydrogen-bond donors (Lipinski definition) is 1. The van der Waals surface area contributed by atoms with Crippen molar-refractivity contribution in [1.29, 1.82) is 0 Å². The summed E-state index contributed by atoms with van der Waals surface area (Å²) in [6.07, 6.45) is 2.57. The smallest absolute Gasteiger partial charge is 0.231 e. The number of nitrogens with two attached hydrogens (primary N) is 1. The Kier molecular flexibility index (Phi) is 3.92. The van der Waals surface area contributed by atoms with Crippen LogP contribution in [0, 0.1) is 0 Å². The Bertz CT molecular complexity index is 613. The molecule has 0 unspecified atom stereocenters. The molecule has 0 saturated carbocycles. The van der Waals surface area contributed by atoms with Gasteiger partial charge in [0.05, 0.1) is 11.9 Å². The minimum Gasteiger partial charge on any atom is -0.487 e. The quantitative estimate of drug-likeness (QED) is 0.915. The van der Waals surface area contributed by atoms with Crippen LogP contribution in [0.4, 0.5) is 0 Å². The summed E-state index contributed by atoms with van der Waals surface area (Å²) in [6, 6.07) is 9.56. The Labute approximate surface area is 123 Å². The van der Waals surface area contributed by atoms with Crippen molar-refractivity contribution < 1.29 is 14.2 Å². The minimum atomic E-state index is -0.0205. The molecular formula is C16H18N2O3. The van der Waals surface area contributed by atoms with Gasteiger partial charge in [0.15, 0.2) is 11.5 Å². The van der Waals surface area contributed by atoms with Crippen molar-refractivity contribution in [3.63, 3.8) is 0 Å². The molecule has 0 saturated heterocycles. The third-order valence-corrected chi connectivity index (χ3v) is 3.42. The zero-order valence-electron chi connectivity index (χ0n) is 11.9. The van der Waals surface area contributed by atoms with Gasteiger partial charge in [-0.3, -0.25) is 4.98 Å². The molecule has 0 spiro atoms. The average Bonchev–Trinajstić information content (AvgIpc) is 3.00. The van der Waals surface area contributed by atoms with Crippen molar-refractivity contribution in [2.75, 3.05) is 6.79 Å². The van der Waals surface area contributed by atoms with Crippen LogP contribution in [0.1, 0.15) is 30.6 Å². The summed E-state index contributed by atoms with van der Waals surface area (Å²) in [6.45, 7) is 2.77. The molecule has 5 heteroatoms. The van der Waals surface area contributed by atoms with Gasteiger partial charge < -0.3 is 19.9 Å². The molecular weight excluding hydrogens is 268 g/mol. The first kappa shape index (κ1) is 13.7. The fourth-order valence-electron chi connectivity index (χ4n) is 2.10. The van der Waals surface area contributed by atoms with Gasteiger partial charge in [0.25, 0.3) is 0 Å². The van der Waals surface area contributed by atoms with Crippen LogP contribution in [0.15, 0.2) is 36.5 Å². The summed E-state index contributed by atoms with van der Waals surface area (Å²) in [5, 5.41) is 0. The number of benzene rings is 1. The monoisotopic (exact) mass is 286 g/mol. The molecule has 21 heavy (non-hydrogen) atoms. The molecule has 0 amide bonds. The fraction of sp³-hybridized carbons (Fsp3) is 0.312. The third kappa shape index (κ3) is 3.08. The van der Waals surface area contributed by atoms with Gasteiger partial charge in [-0.2, -0.15) is 0 Å². The molecule has 3 rings (SSSR count). The fourth-order valence-corrected chi connectivity index (χ4v) is 2.10. The van der Waals surface area contributed by atoms with Crippen molar-refractivity contribution in [1.82, 2.24) is 4.98 Å². The normalized spacial score (nSPS) is 14.0. The highest BCUT2D eigenvalue weighted by molar-refractivity contribution is 5.44. The first-order valence-electron chi connectivity index (χ1n) is 6.99. The highest BCUT2D eigenvalue weighted by Crippen LogP contribution is 2.32. The van der Waals surface area contributed by atoms with Crippen molar-refractivity contribution in [3.8, 4) is 17.2 Å². The van der Waals surface area contributed by atoms with Gasteiger partial charge in [-0.25, -0.2) is 0 Å². The van der Waals surface area contributed by atoms with Gasteiger partial charge >= 0.3 is 0 Å². The van der Waals surface area contributed by atoms with Gasteiger partial charge in [0.2, 0.25) is 6.79 Å². The molecule has 110 valence electrons. The van der Waals surface area contributed by atoms with E-state index in [9.17, 15) is 0 Å². The molecule has 0 aliphatic carbocycles. The van der Waals surface area contributed by atoms with Crippen LogP contribution < -0.4 is 19.9 Å². The van der Waals surface area contributed by atoms with Crippen LogP contribution in [0.5, 0.6) is 17.2 Å². The van der Waals surface area contributed by atoms with E-state index in [1.807, 2.05) is 37.3 Å². The van der Waals surface area contributed by atoms with E-state index in [-0.39, 0.29) is 12.8 Å². The predicted octanol–water partition coefficient (Wildman–Crippen LogP) is 2.80. The summed E-state index contributed by atoms with van der Waals surface area (Å²) in [5.41, 5.74) is 7.84. The number of aromatic nitrogens is 1. The van der Waals surface area contributed by atoms with Crippen molar-refractivity contribution >= 4 is 0 Å². The maximum absolute atomic E-state index is 5.93. The second-order valence-corrected chi connectivity index (χ2v) is 4.91. The number of nitrogens with zero attached hydrogens (tertiary/aromatic N) is 1. The Hall–Kier alpha value is -2.27. The average molecular weight is 286 g/mol. The lowest BCUT2D eigenvalue weighted by molar-refractivity contribution is 0.174. The van der Waals surface area contributed by atoms with E-state index in [0.717, 1.165) is 34.9 Å².